The van der Waals surface area contributed by atoms with E-state index in [2.05, 4.69) is 78.9 Å². The largest absolute Gasteiger partial charge is 0.369 e. The molecule has 5 aliphatic heterocycles. The molecule has 1 aromatic rings. The molecule has 2 bridgehead atoms. The third kappa shape index (κ3) is 6.40. The lowest BCUT2D eigenvalue weighted by atomic mass is 10.0. The minimum absolute atomic E-state index is 0.0420. The summed E-state index contributed by atoms with van der Waals surface area (Å²) in [7, 11) is 2.18. The molecule has 4 N–H and O–H groups in total. The summed E-state index contributed by atoms with van der Waals surface area (Å²) >= 11 is 1.82. The van der Waals surface area contributed by atoms with Crippen LogP contribution in [0.3, 0.4) is 0 Å². The second-order valence-corrected chi connectivity index (χ2v) is 12.3. The van der Waals surface area contributed by atoms with Crippen LogP contribution in [0.1, 0.15) is 32.1 Å². The lowest BCUT2D eigenvalue weighted by Crippen LogP contribution is -2.68. The summed E-state index contributed by atoms with van der Waals surface area (Å²) in [6.07, 6.45) is 7.34. The summed E-state index contributed by atoms with van der Waals surface area (Å²) in [4.78, 5) is 18.5. The molecule has 0 radical (unpaired) electrons. The number of hydrogen-bond acceptors (Lipinski definition) is 10. The number of piperidine rings is 1. The number of thioether (sulfide) groups is 1. The van der Waals surface area contributed by atoms with Gasteiger partial charge in [-0.25, -0.2) is 0 Å². The van der Waals surface area contributed by atoms with E-state index in [0.717, 1.165) is 76.3 Å². The van der Waals surface area contributed by atoms with Gasteiger partial charge in [0, 0.05) is 50.7 Å². The molecular weight excluding hydrogens is 512 g/mol. The van der Waals surface area contributed by atoms with Crippen molar-refractivity contribution in [3.8, 4) is 0 Å². The molecule has 0 saturated carbocycles. The average molecular weight is 557 g/mol. The number of hydrogen-bond donors (Lipinski definition) is 4. The van der Waals surface area contributed by atoms with Crippen LogP contribution in [0, 0.1) is 5.92 Å². The summed E-state index contributed by atoms with van der Waals surface area (Å²) in [6.45, 7) is 6.33. The van der Waals surface area contributed by atoms with Crippen LogP contribution in [-0.2, 0) is 9.53 Å². The van der Waals surface area contributed by atoms with Gasteiger partial charge < -0.3 is 19.9 Å². The number of ether oxygens (including phenoxy) is 1. The van der Waals surface area contributed by atoms with Gasteiger partial charge in [0.05, 0.1) is 24.8 Å². The number of likely N-dealkylation sites (N-methyl/N-ethyl adjacent to an activating group) is 1. The van der Waals surface area contributed by atoms with Gasteiger partial charge in [-0.05, 0) is 74.6 Å². The van der Waals surface area contributed by atoms with Gasteiger partial charge in [-0.3, -0.25) is 25.8 Å². The maximum absolute atomic E-state index is 13.6. The fraction of sp³-hybridized carbons (Fsp3) is 0.679. The summed E-state index contributed by atoms with van der Waals surface area (Å²) in [5, 5.41) is 21.0. The van der Waals surface area contributed by atoms with Crippen molar-refractivity contribution in [1.82, 2.24) is 30.9 Å². The van der Waals surface area contributed by atoms with E-state index in [1.54, 1.807) is 0 Å². The monoisotopic (exact) mass is 556 g/mol. The summed E-state index contributed by atoms with van der Waals surface area (Å²) in [5.74, 6) is 1.13. The lowest BCUT2D eigenvalue weighted by Gasteiger charge is -2.44. The number of carbonyl (C=O) groups is 1. The Morgan fingerprint density at radius 2 is 1.87 bits per heavy atom. The lowest BCUT2D eigenvalue weighted by molar-refractivity contribution is -0.148. The predicted octanol–water partition coefficient (Wildman–Crippen LogP) is 1.81. The molecule has 214 valence electrons. The first-order valence-corrected chi connectivity index (χ1v) is 15.7. The smallest absolute Gasteiger partial charge is 0.244 e. The van der Waals surface area contributed by atoms with E-state index >= 15 is 0 Å². The van der Waals surface area contributed by atoms with E-state index in [9.17, 15) is 4.79 Å². The van der Waals surface area contributed by atoms with Gasteiger partial charge in [-0.1, -0.05) is 6.08 Å². The number of benzene rings is 1. The number of nitrogens with one attached hydrogen (secondary N) is 4. The standard InChI is InChI=1S/C28H44N8O2S/c1-33-13-15-34(16-14-33)22-10-8-21(9-11-22)30-28-29-20-23-26(32-28)36-24-6-4-7-25(31-24)38-17-2-3-18-39-19-5-12-35(36)27(23)37/h5,8-11,19,23-26,28-32H,2-4,6-7,12-18,20H2,1H3/b19-5-. The Hall–Kier alpha value is -1.86. The normalized spacial score (nSPS) is 34.2. The van der Waals surface area contributed by atoms with Crippen LogP contribution >= 0.6 is 11.8 Å². The molecule has 0 aromatic heterocycles. The molecule has 5 aliphatic rings. The molecule has 39 heavy (non-hydrogen) atoms. The zero-order chi connectivity index (χ0) is 26.6. The van der Waals surface area contributed by atoms with Gasteiger partial charge >= 0.3 is 0 Å². The molecule has 0 spiro atoms. The predicted molar refractivity (Wildman–Crippen MR) is 157 cm³/mol. The van der Waals surface area contributed by atoms with Gasteiger partial charge in [-0.2, -0.15) is 5.01 Å². The zero-order valence-corrected chi connectivity index (χ0v) is 23.9. The van der Waals surface area contributed by atoms with E-state index in [4.69, 9.17) is 4.74 Å². The number of amides is 1. The third-order valence-electron chi connectivity index (χ3n) is 8.53. The molecule has 5 heterocycles. The number of carbonyl (C=O) groups excluding carboxylic acids is 1. The molecule has 11 heteroatoms. The van der Waals surface area contributed by atoms with Crippen LogP contribution in [0.15, 0.2) is 35.7 Å². The van der Waals surface area contributed by atoms with Crippen LogP contribution in [0.5, 0.6) is 0 Å². The van der Waals surface area contributed by atoms with Crippen LogP contribution in [0.2, 0.25) is 0 Å². The SMILES string of the molecule is CN1CCN(c2ccc(NC3NCC4C(=O)N5C/C=C\SCCCCOC6CCCC(N6)N5C4N3)cc2)CC1. The topological polar surface area (TPSA) is 87.4 Å². The first-order valence-electron chi connectivity index (χ1n) is 14.7. The highest BCUT2D eigenvalue weighted by molar-refractivity contribution is 8.02. The van der Waals surface area contributed by atoms with Gasteiger partial charge in [-0.15, -0.1) is 11.8 Å². The molecule has 4 saturated heterocycles. The van der Waals surface area contributed by atoms with E-state index in [1.165, 1.54) is 5.69 Å². The molecule has 1 aromatic carbocycles. The van der Waals surface area contributed by atoms with Crippen molar-refractivity contribution in [1.29, 1.82) is 0 Å². The average Bonchev–Trinajstić information content (AvgIpc) is 3.23. The van der Waals surface area contributed by atoms with Crippen molar-refractivity contribution in [3.63, 3.8) is 0 Å². The van der Waals surface area contributed by atoms with E-state index in [0.29, 0.717) is 13.1 Å². The highest BCUT2D eigenvalue weighted by Gasteiger charge is 2.52. The van der Waals surface area contributed by atoms with Crippen molar-refractivity contribution in [2.45, 2.75) is 57.0 Å². The van der Waals surface area contributed by atoms with Crippen molar-refractivity contribution >= 4 is 29.0 Å². The van der Waals surface area contributed by atoms with Crippen molar-refractivity contribution in [3.05, 3.63) is 35.7 Å². The van der Waals surface area contributed by atoms with Crippen molar-refractivity contribution in [2.75, 3.05) is 68.9 Å². The highest BCUT2D eigenvalue weighted by atomic mass is 32.2. The first kappa shape index (κ1) is 27.3. The molecule has 5 unspecified atom stereocenters. The summed E-state index contributed by atoms with van der Waals surface area (Å²) < 4.78 is 6.21. The van der Waals surface area contributed by atoms with Gasteiger partial charge in [0.15, 0.2) is 0 Å². The minimum Gasteiger partial charge on any atom is -0.369 e. The Balaban J connectivity index is 1.15. The van der Waals surface area contributed by atoms with Crippen LogP contribution in [-0.4, -0.2) is 104 Å². The minimum atomic E-state index is -0.137. The molecule has 4 fully saturated rings. The number of hydrazine groups is 1. The van der Waals surface area contributed by atoms with E-state index in [1.807, 2.05) is 16.8 Å². The zero-order valence-electron chi connectivity index (χ0n) is 23.1. The molecule has 0 aliphatic carbocycles. The second-order valence-electron chi connectivity index (χ2n) is 11.3. The Labute approximate surface area is 236 Å². The molecule has 5 atom stereocenters. The summed E-state index contributed by atoms with van der Waals surface area (Å²) in [5.41, 5.74) is 2.33. The van der Waals surface area contributed by atoms with E-state index < -0.39 is 0 Å². The molecule has 1 amide bonds. The Morgan fingerprint density at radius 3 is 2.72 bits per heavy atom. The highest BCUT2D eigenvalue weighted by Crippen LogP contribution is 2.32. The van der Waals surface area contributed by atoms with Gasteiger partial charge in [0.2, 0.25) is 5.91 Å². The second kappa shape index (κ2) is 12.8. The maximum atomic E-state index is 13.6. The van der Waals surface area contributed by atoms with Gasteiger partial charge in [0.25, 0.3) is 0 Å². The van der Waals surface area contributed by atoms with Crippen LogP contribution in [0.25, 0.3) is 0 Å². The Kier molecular flexibility index (Phi) is 8.94. The Morgan fingerprint density at radius 1 is 1.03 bits per heavy atom. The quantitative estimate of drug-likeness (QED) is 0.442. The van der Waals surface area contributed by atoms with Gasteiger partial charge in [0.1, 0.15) is 12.5 Å². The van der Waals surface area contributed by atoms with E-state index in [-0.39, 0.29) is 36.7 Å². The molecule has 6 rings (SSSR count). The maximum Gasteiger partial charge on any atom is 0.244 e. The number of rotatable bonds is 3. The fourth-order valence-corrected chi connectivity index (χ4v) is 7.02. The van der Waals surface area contributed by atoms with Crippen molar-refractivity contribution < 1.29 is 9.53 Å². The first-order chi connectivity index (χ1) is 19.2. The van der Waals surface area contributed by atoms with Crippen LogP contribution in [0.4, 0.5) is 11.4 Å². The third-order valence-corrected chi connectivity index (χ3v) is 9.44. The number of fused-ring (bicyclic) bond motifs is 6. The number of anilines is 2. The summed E-state index contributed by atoms with van der Waals surface area (Å²) in [6, 6.07) is 8.73. The van der Waals surface area contributed by atoms with Crippen LogP contribution < -0.4 is 26.2 Å². The van der Waals surface area contributed by atoms with Crippen molar-refractivity contribution in [2.24, 2.45) is 5.92 Å². The molecular formula is C28H44N8O2S. The molecule has 10 nitrogen and oxygen atoms in total. The Bertz CT molecular complexity index is 988. The number of piperazine rings is 1. The number of nitrogens with zero attached hydrogens (tertiary/aromatic N) is 4. The fourth-order valence-electron chi connectivity index (χ4n) is 6.29.